The second-order valence-corrected chi connectivity index (χ2v) is 6.98. The Morgan fingerprint density at radius 3 is 2.78 bits per heavy atom. The third-order valence-electron chi connectivity index (χ3n) is 4.02. The Hall–Kier alpha value is -1.52. The van der Waals surface area contributed by atoms with E-state index in [1.165, 1.54) is 11.1 Å². The molecule has 0 aliphatic carbocycles. The lowest BCUT2D eigenvalue weighted by Gasteiger charge is -2.29. The molecule has 3 rings (SSSR count). The summed E-state index contributed by atoms with van der Waals surface area (Å²) in [5, 5.41) is 0.508. The first kappa shape index (κ1) is 16.3. The van der Waals surface area contributed by atoms with Crippen LogP contribution in [-0.2, 0) is 17.8 Å². The summed E-state index contributed by atoms with van der Waals surface area (Å²) >= 11 is 9.58. The molecule has 0 N–H and O–H groups in total. The van der Waals surface area contributed by atoms with Gasteiger partial charge in [-0.25, -0.2) is 0 Å². The SMILES string of the molecule is Cc1cc(Br)cc(Cl)c1OCC(=O)N1CCc2ccccc2C1. The van der Waals surface area contributed by atoms with Gasteiger partial charge < -0.3 is 9.64 Å². The molecule has 0 saturated heterocycles. The van der Waals surface area contributed by atoms with Crippen LogP contribution in [0.5, 0.6) is 5.75 Å². The van der Waals surface area contributed by atoms with Crippen LogP contribution in [0.25, 0.3) is 0 Å². The number of ether oxygens (including phenoxy) is 1. The number of fused-ring (bicyclic) bond motifs is 1. The molecule has 0 atom stereocenters. The molecule has 0 radical (unpaired) electrons. The van der Waals surface area contributed by atoms with Gasteiger partial charge in [0.1, 0.15) is 5.75 Å². The average Bonchev–Trinajstić information content (AvgIpc) is 2.53. The normalized spacial score (nSPS) is 13.6. The van der Waals surface area contributed by atoms with Crippen LogP contribution < -0.4 is 4.74 Å². The van der Waals surface area contributed by atoms with Crippen molar-refractivity contribution in [2.75, 3.05) is 13.2 Å². The van der Waals surface area contributed by atoms with E-state index in [-0.39, 0.29) is 12.5 Å². The fraction of sp³-hybridized carbons (Fsp3) is 0.278. The van der Waals surface area contributed by atoms with E-state index in [2.05, 4.69) is 28.1 Å². The maximum atomic E-state index is 12.4. The second-order valence-electron chi connectivity index (χ2n) is 5.66. The monoisotopic (exact) mass is 393 g/mol. The van der Waals surface area contributed by atoms with Gasteiger partial charge in [0.05, 0.1) is 5.02 Å². The number of aryl methyl sites for hydroxylation is 1. The van der Waals surface area contributed by atoms with Crippen LogP contribution in [0.3, 0.4) is 0 Å². The molecule has 2 aromatic carbocycles. The number of hydrogen-bond donors (Lipinski definition) is 0. The summed E-state index contributed by atoms with van der Waals surface area (Å²) in [5.41, 5.74) is 3.44. The van der Waals surface area contributed by atoms with E-state index in [4.69, 9.17) is 16.3 Å². The van der Waals surface area contributed by atoms with Gasteiger partial charge in [-0.15, -0.1) is 0 Å². The molecule has 2 aromatic rings. The highest BCUT2D eigenvalue weighted by atomic mass is 79.9. The van der Waals surface area contributed by atoms with E-state index in [1.807, 2.05) is 30.0 Å². The lowest BCUT2D eigenvalue weighted by Crippen LogP contribution is -2.38. The molecule has 23 heavy (non-hydrogen) atoms. The first-order valence-corrected chi connectivity index (χ1v) is 8.64. The van der Waals surface area contributed by atoms with Gasteiger partial charge in [-0.1, -0.05) is 51.8 Å². The van der Waals surface area contributed by atoms with Crippen LogP contribution >= 0.6 is 27.5 Å². The van der Waals surface area contributed by atoms with E-state index in [0.29, 0.717) is 17.3 Å². The molecule has 0 unspecified atom stereocenters. The summed E-state index contributed by atoms with van der Waals surface area (Å²) in [5.74, 6) is 0.554. The third kappa shape index (κ3) is 3.70. The zero-order chi connectivity index (χ0) is 16.4. The number of halogens is 2. The number of rotatable bonds is 3. The first-order valence-electron chi connectivity index (χ1n) is 7.47. The minimum absolute atomic E-state index is 0.00432. The van der Waals surface area contributed by atoms with Gasteiger partial charge in [0.25, 0.3) is 5.91 Å². The molecule has 1 heterocycles. The summed E-state index contributed by atoms with van der Waals surface area (Å²) < 4.78 is 6.58. The smallest absolute Gasteiger partial charge is 0.260 e. The predicted molar refractivity (Wildman–Crippen MR) is 94.9 cm³/mol. The molecule has 3 nitrogen and oxygen atoms in total. The first-order chi connectivity index (χ1) is 11.0. The van der Waals surface area contributed by atoms with Gasteiger partial charge in [0.15, 0.2) is 6.61 Å². The van der Waals surface area contributed by atoms with Crippen LogP contribution in [-0.4, -0.2) is 24.0 Å². The van der Waals surface area contributed by atoms with Crippen LogP contribution in [0, 0.1) is 6.92 Å². The van der Waals surface area contributed by atoms with Crippen molar-refractivity contribution in [1.82, 2.24) is 4.90 Å². The van der Waals surface area contributed by atoms with Crippen molar-refractivity contribution in [2.45, 2.75) is 19.9 Å². The van der Waals surface area contributed by atoms with Crippen LogP contribution in [0.4, 0.5) is 0 Å². The van der Waals surface area contributed by atoms with Crippen LogP contribution in [0.15, 0.2) is 40.9 Å². The lowest BCUT2D eigenvalue weighted by atomic mass is 10.00. The highest BCUT2D eigenvalue weighted by Gasteiger charge is 2.21. The molecular weight excluding hydrogens is 378 g/mol. The molecule has 0 fully saturated rings. The minimum atomic E-state index is -0.0158. The molecule has 5 heteroatoms. The van der Waals surface area contributed by atoms with Crippen LogP contribution in [0.1, 0.15) is 16.7 Å². The molecule has 0 saturated carbocycles. The van der Waals surface area contributed by atoms with Gasteiger partial charge >= 0.3 is 0 Å². The zero-order valence-electron chi connectivity index (χ0n) is 12.8. The highest BCUT2D eigenvalue weighted by molar-refractivity contribution is 9.10. The molecular formula is C18H17BrClNO2. The number of carbonyl (C=O) groups excluding carboxylic acids is 1. The fourth-order valence-corrected chi connectivity index (χ4v) is 3.83. The Balaban J connectivity index is 1.65. The lowest BCUT2D eigenvalue weighted by molar-refractivity contribution is -0.134. The van der Waals surface area contributed by atoms with Crippen molar-refractivity contribution in [3.63, 3.8) is 0 Å². The van der Waals surface area contributed by atoms with Gasteiger partial charge in [-0.3, -0.25) is 4.79 Å². The zero-order valence-corrected chi connectivity index (χ0v) is 15.2. The van der Waals surface area contributed by atoms with Gasteiger partial charge in [-0.2, -0.15) is 0 Å². The van der Waals surface area contributed by atoms with Crippen molar-refractivity contribution in [3.05, 3.63) is 62.6 Å². The molecule has 1 aliphatic heterocycles. The minimum Gasteiger partial charge on any atom is -0.482 e. The third-order valence-corrected chi connectivity index (χ3v) is 4.76. The quantitative estimate of drug-likeness (QED) is 0.773. The summed E-state index contributed by atoms with van der Waals surface area (Å²) in [6.45, 7) is 3.29. The number of carbonyl (C=O) groups is 1. The molecule has 0 spiro atoms. The Kier molecular flexibility index (Phi) is 4.93. The summed E-state index contributed by atoms with van der Waals surface area (Å²) in [7, 11) is 0. The average molecular weight is 395 g/mol. The van der Waals surface area contributed by atoms with Gasteiger partial charge in [0.2, 0.25) is 0 Å². The van der Waals surface area contributed by atoms with E-state index in [0.717, 1.165) is 23.0 Å². The largest absolute Gasteiger partial charge is 0.482 e. The topological polar surface area (TPSA) is 29.5 Å². The number of hydrogen-bond acceptors (Lipinski definition) is 2. The summed E-state index contributed by atoms with van der Waals surface area (Å²) in [4.78, 5) is 14.3. The van der Waals surface area contributed by atoms with E-state index in [1.54, 1.807) is 6.07 Å². The van der Waals surface area contributed by atoms with Crippen molar-refractivity contribution < 1.29 is 9.53 Å². The van der Waals surface area contributed by atoms with E-state index >= 15 is 0 Å². The molecule has 120 valence electrons. The Morgan fingerprint density at radius 1 is 1.30 bits per heavy atom. The second kappa shape index (κ2) is 6.93. The van der Waals surface area contributed by atoms with Crippen molar-refractivity contribution in [1.29, 1.82) is 0 Å². The summed E-state index contributed by atoms with van der Waals surface area (Å²) in [6, 6.07) is 11.9. The maximum Gasteiger partial charge on any atom is 0.260 e. The number of amides is 1. The Morgan fingerprint density at radius 2 is 2.04 bits per heavy atom. The Bertz CT molecular complexity index is 725. The van der Waals surface area contributed by atoms with E-state index < -0.39 is 0 Å². The molecule has 1 amide bonds. The molecule has 0 bridgehead atoms. The number of nitrogens with zero attached hydrogens (tertiary/aromatic N) is 1. The van der Waals surface area contributed by atoms with Crippen molar-refractivity contribution in [2.24, 2.45) is 0 Å². The highest BCUT2D eigenvalue weighted by Crippen LogP contribution is 2.32. The predicted octanol–water partition coefficient (Wildman–Crippen LogP) is 4.37. The Labute approximate surface area is 149 Å². The summed E-state index contributed by atoms with van der Waals surface area (Å²) in [6.07, 6.45) is 0.889. The standard InChI is InChI=1S/C18H17BrClNO2/c1-12-8-15(19)9-16(20)18(12)23-11-17(22)21-7-6-13-4-2-3-5-14(13)10-21/h2-5,8-9H,6-7,10-11H2,1H3. The molecule has 1 aliphatic rings. The number of benzene rings is 2. The fourth-order valence-electron chi connectivity index (χ4n) is 2.81. The molecule has 0 aromatic heterocycles. The van der Waals surface area contributed by atoms with Gasteiger partial charge in [0, 0.05) is 17.6 Å². The van der Waals surface area contributed by atoms with Crippen molar-refractivity contribution >= 4 is 33.4 Å². The van der Waals surface area contributed by atoms with Gasteiger partial charge in [-0.05, 0) is 42.2 Å². The maximum absolute atomic E-state index is 12.4. The van der Waals surface area contributed by atoms with Crippen LogP contribution in [0.2, 0.25) is 5.02 Å². The van der Waals surface area contributed by atoms with E-state index in [9.17, 15) is 4.79 Å². The van der Waals surface area contributed by atoms with Crippen molar-refractivity contribution in [3.8, 4) is 5.75 Å².